The van der Waals surface area contributed by atoms with Crippen molar-refractivity contribution in [3.8, 4) is 5.75 Å². The molecule has 1 aliphatic rings. The van der Waals surface area contributed by atoms with Crippen molar-refractivity contribution in [2.45, 2.75) is 38.8 Å². The zero-order valence-electron chi connectivity index (χ0n) is 17.2. The van der Waals surface area contributed by atoms with Crippen molar-refractivity contribution in [1.82, 2.24) is 9.88 Å². The number of likely N-dealkylation sites (tertiary alicyclic amines) is 1. The number of carbonyl (C=O) groups excluding carboxylic acids is 1. The SMILES string of the molecule is COc1cccc2cc(/C(N)=N\N)nc(N[C@H]3CCN(C(=O)OC(C)(C)C)C3)c12. The summed E-state index contributed by atoms with van der Waals surface area (Å²) in [6.07, 6.45) is 0.452. The number of nitrogens with one attached hydrogen (secondary N) is 1. The topological polar surface area (TPSA) is 128 Å². The van der Waals surface area contributed by atoms with E-state index in [4.69, 9.17) is 21.1 Å². The molecule has 0 radical (unpaired) electrons. The Morgan fingerprint density at radius 1 is 1.38 bits per heavy atom. The molecule has 0 saturated carbocycles. The van der Waals surface area contributed by atoms with Crippen LogP contribution < -0.4 is 21.6 Å². The molecule has 0 unspecified atom stereocenters. The van der Waals surface area contributed by atoms with E-state index in [2.05, 4.69) is 15.4 Å². The van der Waals surface area contributed by atoms with Crippen molar-refractivity contribution >= 4 is 28.5 Å². The molecule has 156 valence electrons. The Labute approximate surface area is 170 Å². The molecule has 5 N–H and O–H groups in total. The summed E-state index contributed by atoms with van der Waals surface area (Å²) in [7, 11) is 1.61. The first kappa shape index (κ1) is 20.5. The van der Waals surface area contributed by atoms with Gasteiger partial charge in [0.15, 0.2) is 5.84 Å². The number of hydrazone groups is 1. The molecule has 1 fully saturated rings. The number of methoxy groups -OCH3 is 1. The summed E-state index contributed by atoms with van der Waals surface area (Å²) in [5, 5.41) is 8.71. The van der Waals surface area contributed by atoms with Gasteiger partial charge in [0.2, 0.25) is 0 Å². The van der Waals surface area contributed by atoms with Crippen LogP contribution >= 0.6 is 0 Å². The number of aromatic nitrogens is 1. The Morgan fingerprint density at radius 2 is 2.14 bits per heavy atom. The summed E-state index contributed by atoms with van der Waals surface area (Å²) < 4.78 is 11.0. The summed E-state index contributed by atoms with van der Waals surface area (Å²) in [6, 6.07) is 7.53. The van der Waals surface area contributed by atoms with Gasteiger partial charge in [-0.15, -0.1) is 0 Å². The highest BCUT2D eigenvalue weighted by Gasteiger charge is 2.30. The lowest BCUT2D eigenvalue weighted by Crippen LogP contribution is -2.36. The van der Waals surface area contributed by atoms with Crippen molar-refractivity contribution in [1.29, 1.82) is 0 Å². The Kier molecular flexibility index (Phi) is 5.67. The van der Waals surface area contributed by atoms with Crippen molar-refractivity contribution in [2.75, 3.05) is 25.5 Å². The second-order valence-electron chi connectivity index (χ2n) is 7.99. The molecule has 1 aromatic carbocycles. The number of hydrogen-bond acceptors (Lipinski definition) is 7. The van der Waals surface area contributed by atoms with Gasteiger partial charge in [0.25, 0.3) is 0 Å². The number of ether oxygens (including phenoxy) is 2. The lowest BCUT2D eigenvalue weighted by molar-refractivity contribution is 0.0293. The van der Waals surface area contributed by atoms with Crippen molar-refractivity contribution in [3.63, 3.8) is 0 Å². The summed E-state index contributed by atoms with van der Waals surface area (Å²) in [5.74, 6) is 6.78. The zero-order valence-corrected chi connectivity index (χ0v) is 17.2. The molecule has 0 bridgehead atoms. The Bertz CT molecular complexity index is 938. The predicted octanol–water partition coefficient (Wildman–Crippen LogP) is 2.24. The van der Waals surface area contributed by atoms with Crippen LogP contribution in [-0.2, 0) is 4.74 Å². The second-order valence-corrected chi connectivity index (χ2v) is 7.99. The predicted molar refractivity (Wildman–Crippen MR) is 113 cm³/mol. The van der Waals surface area contributed by atoms with E-state index >= 15 is 0 Å². The van der Waals surface area contributed by atoms with Gasteiger partial charge in [0.1, 0.15) is 22.9 Å². The van der Waals surface area contributed by atoms with E-state index in [0.29, 0.717) is 30.4 Å². The highest BCUT2D eigenvalue weighted by atomic mass is 16.6. The van der Waals surface area contributed by atoms with E-state index in [1.54, 1.807) is 12.0 Å². The van der Waals surface area contributed by atoms with Crippen LogP contribution in [0.5, 0.6) is 5.75 Å². The van der Waals surface area contributed by atoms with E-state index in [1.165, 1.54) is 0 Å². The number of amides is 1. The number of carbonyl (C=O) groups is 1. The normalized spacial score (nSPS) is 17.4. The van der Waals surface area contributed by atoms with Crippen molar-refractivity contribution in [2.24, 2.45) is 16.7 Å². The second kappa shape index (κ2) is 8.02. The highest BCUT2D eigenvalue weighted by molar-refractivity contribution is 6.04. The molecular weight excluding hydrogens is 372 g/mol. The standard InChI is InChI=1S/C20H28N6O3/c1-20(2,3)29-19(27)26-9-8-13(11-26)23-18-16-12(6-5-7-15(16)28-4)10-14(24-18)17(21)25-22/h5-7,10,13H,8-9,11,22H2,1-4H3,(H2,21,25)(H,23,24)/t13-/m0/s1. The molecular formula is C20H28N6O3. The molecule has 1 aromatic heterocycles. The summed E-state index contributed by atoms with van der Waals surface area (Å²) in [5.41, 5.74) is 5.83. The molecule has 3 rings (SSSR count). The maximum Gasteiger partial charge on any atom is 0.410 e. The van der Waals surface area contributed by atoms with Crippen molar-refractivity contribution < 1.29 is 14.3 Å². The molecule has 2 heterocycles. The molecule has 1 saturated heterocycles. The maximum atomic E-state index is 12.3. The van der Waals surface area contributed by atoms with Crippen LogP contribution in [0.2, 0.25) is 0 Å². The van der Waals surface area contributed by atoms with E-state index < -0.39 is 5.60 Å². The molecule has 2 aromatic rings. The minimum absolute atomic E-state index is 0.00872. The Hall–Kier alpha value is -3.23. The quantitative estimate of drug-likeness (QED) is 0.311. The van der Waals surface area contributed by atoms with Gasteiger partial charge in [-0.1, -0.05) is 12.1 Å². The van der Waals surface area contributed by atoms with Crippen LogP contribution in [0.4, 0.5) is 10.6 Å². The number of rotatable bonds is 4. The van der Waals surface area contributed by atoms with Crippen LogP contribution in [0.25, 0.3) is 10.8 Å². The van der Waals surface area contributed by atoms with Crippen LogP contribution in [0.3, 0.4) is 0 Å². The molecule has 1 amide bonds. The first-order valence-electron chi connectivity index (χ1n) is 9.48. The maximum absolute atomic E-state index is 12.3. The van der Waals surface area contributed by atoms with Crippen LogP contribution in [0.1, 0.15) is 32.9 Å². The monoisotopic (exact) mass is 400 g/mol. The average molecular weight is 400 g/mol. The fourth-order valence-electron chi connectivity index (χ4n) is 3.31. The first-order valence-corrected chi connectivity index (χ1v) is 9.48. The number of pyridine rings is 1. The highest BCUT2D eigenvalue weighted by Crippen LogP contribution is 2.33. The van der Waals surface area contributed by atoms with E-state index in [1.807, 2.05) is 45.0 Å². The Morgan fingerprint density at radius 3 is 2.79 bits per heavy atom. The molecule has 0 spiro atoms. The average Bonchev–Trinajstić information content (AvgIpc) is 3.14. The lowest BCUT2D eigenvalue weighted by Gasteiger charge is -2.24. The number of benzene rings is 1. The Balaban J connectivity index is 1.88. The first-order chi connectivity index (χ1) is 13.7. The third-order valence-corrected chi connectivity index (χ3v) is 4.62. The molecule has 1 atom stereocenters. The van der Waals surface area contributed by atoms with E-state index in [9.17, 15) is 4.79 Å². The third kappa shape index (κ3) is 4.61. The summed E-state index contributed by atoms with van der Waals surface area (Å²) in [4.78, 5) is 18.7. The smallest absolute Gasteiger partial charge is 0.410 e. The minimum Gasteiger partial charge on any atom is -0.496 e. The molecule has 1 aliphatic heterocycles. The number of hydrogen-bond donors (Lipinski definition) is 3. The molecule has 29 heavy (non-hydrogen) atoms. The van der Waals surface area contributed by atoms with Crippen molar-refractivity contribution in [3.05, 3.63) is 30.0 Å². The third-order valence-electron chi connectivity index (χ3n) is 4.62. The van der Waals surface area contributed by atoms with Gasteiger partial charge in [-0.25, -0.2) is 9.78 Å². The van der Waals surface area contributed by atoms with Gasteiger partial charge in [-0.05, 0) is 44.7 Å². The largest absolute Gasteiger partial charge is 0.496 e. The van der Waals surface area contributed by atoms with Gasteiger partial charge >= 0.3 is 6.09 Å². The summed E-state index contributed by atoms with van der Waals surface area (Å²) >= 11 is 0. The van der Waals surface area contributed by atoms with Crippen LogP contribution in [0, 0.1) is 0 Å². The van der Waals surface area contributed by atoms with E-state index in [0.717, 1.165) is 17.2 Å². The van der Waals surface area contributed by atoms with Gasteiger partial charge in [-0.2, -0.15) is 5.10 Å². The van der Waals surface area contributed by atoms with Gasteiger partial charge in [0.05, 0.1) is 12.5 Å². The fourth-order valence-corrected chi connectivity index (χ4v) is 3.31. The number of nitrogens with two attached hydrogens (primary N) is 2. The van der Waals surface area contributed by atoms with Crippen LogP contribution in [0.15, 0.2) is 29.4 Å². The van der Waals surface area contributed by atoms with Gasteiger partial charge in [-0.3, -0.25) is 0 Å². The van der Waals surface area contributed by atoms with Crippen LogP contribution in [-0.4, -0.2) is 53.7 Å². The molecule has 0 aliphatic carbocycles. The molecule has 9 heteroatoms. The number of fused-ring (bicyclic) bond motifs is 1. The fraction of sp³-hybridized carbons (Fsp3) is 0.450. The molecule has 9 nitrogen and oxygen atoms in total. The van der Waals surface area contributed by atoms with Gasteiger partial charge < -0.3 is 31.3 Å². The van der Waals surface area contributed by atoms with Gasteiger partial charge in [0, 0.05) is 19.1 Å². The lowest BCUT2D eigenvalue weighted by atomic mass is 10.1. The number of amidine groups is 1. The summed E-state index contributed by atoms with van der Waals surface area (Å²) in [6.45, 7) is 6.68. The van der Waals surface area contributed by atoms with E-state index in [-0.39, 0.29) is 18.0 Å². The zero-order chi connectivity index (χ0) is 21.2. The minimum atomic E-state index is -0.527. The number of anilines is 1. The number of nitrogens with zero attached hydrogens (tertiary/aromatic N) is 3.